The molecule has 1 fully saturated rings. The quantitative estimate of drug-likeness (QED) is 0.797. The summed E-state index contributed by atoms with van der Waals surface area (Å²) < 4.78 is 5.27. The molecule has 3 heterocycles. The monoisotopic (exact) mass is 378 g/mol. The Labute approximate surface area is 151 Å². The van der Waals surface area contributed by atoms with E-state index in [-0.39, 0.29) is 11.9 Å². The van der Waals surface area contributed by atoms with E-state index in [0.29, 0.717) is 10.8 Å². The van der Waals surface area contributed by atoms with Crippen molar-refractivity contribution in [3.8, 4) is 0 Å². The lowest BCUT2D eigenvalue weighted by Gasteiger charge is -2.10. The van der Waals surface area contributed by atoms with Crippen molar-refractivity contribution in [2.24, 2.45) is 0 Å². The maximum atomic E-state index is 12.3. The number of imide groups is 1. The average molecular weight is 378 g/mol. The van der Waals surface area contributed by atoms with E-state index < -0.39 is 23.6 Å². The van der Waals surface area contributed by atoms with Crippen LogP contribution in [0, 0.1) is 0 Å². The van der Waals surface area contributed by atoms with Crippen molar-refractivity contribution in [2.75, 3.05) is 11.9 Å². The van der Waals surface area contributed by atoms with Gasteiger partial charge in [-0.25, -0.2) is 0 Å². The van der Waals surface area contributed by atoms with E-state index in [9.17, 15) is 14.4 Å². The largest absolute Gasteiger partial charge is 0.408 e. The molecule has 0 atom stereocenters. The zero-order chi connectivity index (χ0) is 18.0. The number of hydrogen-bond acceptors (Lipinski definition) is 8. The molecule has 130 valence electrons. The second-order valence-electron chi connectivity index (χ2n) is 5.43. The highest BCUT2D eigenvalue weighted by Crippen LogP contribution is 2.32. The molecule has 0 radical (unpaired) electrons. The number of thiophene rings is 1. The third-order valence-electron chi connectivity index (χ3n) is 3.17. The lowest BCUT2D eigenvalue weighted by Crippen LogP contribution is -2.36. The summed E-state index contributed by atoms with van der Waals surface area (Å²) in [6.45, 7) is 3.34. The zero-order valence-electron chi connectivity index (χ0n) is 13.4. The van der Waals surface area contributed by atoms with Crippen LogP contribution in [-0.2, 0) is 9.59 Å². The Morgan fingerprint density at radius 3 is 2.84 bits per heavy atom. The normalized spacial score (nSPS) is 16.3. The Morgan fingerprint density at radius 1 is 1.40 bits per heavy atom. The predicted molar refractivity (Wildman–Crippen MR) is 94.0 cm³/mol. The Bertz CT molecular complexity index is 842. The molecule has 2 aromatic heterocycles. The van der Waals surface area contributed by atoms with Crippen molar-refractivity contribution in [1.82, 2.24) is 15.1 Å². The molecule has 0 bridgehead atoms. The van der Waals surface area contributed by atoms with Crippen LogP contribution in [0.3, 0.4) is 0 Å². The highest BCUT2D eigenvalue weighted by Gasteiger charge is 2.36. The van der Waals surface area contributed by atoms with Crippen LogP contribution in [-0.4, -0.2) is 38.7 Å². The van der Waals surface area contributed by atoms with Crippen LogP contribution < -0.4 is 5.32 Å². The molecular formula is C15H14N4O4S2. The summed E-state index contributed by atoms with van der Waals surface area (Å²) in [5, 5.41) is 11.3. The fourth-order valence-corrected chi connectivity index (χ4v) is 3.52. The van der Waals surface area contributed by atoms with Crippen LogP contribution >= 0.6 is 23.1 Å². The molecule has 25 heavy (non-hydrogen) atoms. The van der Waals surface area contributed by atoms with Gasteiger partial charge in [-0.1, -0.05) is 25.0 Å². The van der Waals surface area contributed by atoms with Gasteiger partial charge in [-0.05, 0) is 29.3 Å². The van der Waals surface area contributed by atoms with E-state index in [1.54, 1.807) is 6.08 Å². The van der Waals surface area contributed by atoms with Gasteiger partial charge in [0.15, 0.2) is 0 Å². The van der Waals surface area contributed by atoms with Gasteiger partial charge in [-0.15, -0.1) is 16.4 Å². The van der Waals surface area contributed by atoms with Crippen LogP contribution in [0.2, 0.25) is 0 Å². The van der Waals surface area contributed by atoms with Crippen molar-refractivity contribution in [3.63, 3.8) is 0 Å². The minimum Gasteiger partial charge on any atom is -0.408 e. The van der Waals surface area contributed by atoms with E-state index in [4.69, 9.17) is 4.42 Å². The van der Waals surface area contributed by atoms with Gasteiger partial charge in [0.1, 0.15) is 6.54 Å². The Morgan fingerprint density at radius 2 is 2.20 bits per heavy atom. The topological polar surface area (TPSA) is 105 Å². The SMILES string of the molecule is CC(C)c1nnc(NC(=O)CN2C(=O)S/C(=C\c3cccs3)C2=O)o1. The second-order valence-corrected chi connectivity index (χ2v) is 7.40. The van der Waals surface area contributed by atoms with Gasteiger partial charge in [0.05, 0.1) is 4.91 Å². The molecular weight excluding hydrogens is 364 g/mol. The minimum absolute atomic E-state index is 0.0289. The second kappa shape index (κ2) is 7.19. The smallest absolute Gasteiger partial charge is 0.322 e. The molecule has 0 saturated carbocycles. The van der Waals surface area contributed by atoms with Gasteiger partial charge in [0.2, 0.25) is 11.8 Å². The van der Waals surface area contributed by atoms with Crippen LogP contribution in [0.1, 0.15) is 30.5 Å². The zero-order valence-corrected chi connectivity index (χ0v) is 15.0. The van der Waals surface area contributed by atoms with Crippen molar-refractivity contribution in [1.29, 1.82) is 0 Å². The molecule has 0 unspecified atom stereocenters. The standard InChI is InChI=1S/C15H14N4O4S2/c1-8(2)12-17-18-14(23-12)16-11(20)7-19-13(21)10(25-15(19)22)6-9-4-3-5-24-9/h3-6,8H,7H2,1-2H3,(H,16,18,20)/b10-6-. The maximum Gasteiger partial charge on any atom is 0.322 e. The van der Waals surface area contributed by atoms with E-state index >= 15 is 0 Å². The molecule has 1 aliphatic heterocycles. The summed E-state index contributed by atoms with van der Waals surface area (Å²) >= 11 is 2.27. The lowest BCUT2D eigenvalue weighted by atomic mass is 10.2. The summed E-state index contributed by atoms with van der Waals surface area (Å²) in [6, 6.07) is 3.63. The maximum absolute atomic E-state index is 12.3. The lowest BCUT2D eigenvalue weighted by molar-refractivity contribution is -0.127. The number of hydrogen-bond donors (Lipinski definition) is 1. The number of rotatable bonds is 5. The number of aromatic nitrogens is 2. The molecule has 1 aliphatic rings. The molecule has 10 heteroatoms. The Kier molecular flexibility index (Phi) is 5.00. The van der Waals surface area contributed by atoms with E-state index in [0.717, 1.165) is 21.5 Å². The predicted octanol–water partition coefficient (Wildman–Crippen LogP) is 2.93. The Balaban J connectivity index is 1.64. The first-order chi connectivity index (χ1) is 11.9. The number of carbonyl (C=O) groups is 3. The van der Waals surface area contributed by atoms with Crippen molar-refractivity contribution in [3.05, 3.63) is 33.2 Å². The molecule has 0 aliphatic carbocycles. The molecule has 8 nitrogen and oxygen atoms in total. The van der Waals surface area contributed by atoms with Crippen LogP contribution in [0.5, 0.6) is 0 Å². The van der Waals surface area contributed by atoms with Gasteiger partial charge in [0, 0.05) is 10.8 Å². The minimum atomic E-state index is -0.585. The summed E-state index contributed by atoms with van der Waals surface area (Å²) in [6.07, 6.45) is 1.64. The average Bonchev–Trinajstić information content (AvgIpc) is 3.27. The van der Waals surface area contributed by atoms with Crippen molar-refractivity contribution >= 4 is 52.2 Å². The molecule has 0 aromatic carbocycles. The fourth-order valence-electron chi connectivity index (χ4n) is 1.96. The first-order valence-electron chi connectivity index (χ1n) is 7.36. The Hall–Kier alpha value is -2.46. The van der Waals surface area contributed by atoms with Crippen molar-refractivity contribution < 1.29 is 18.8 Å². The summed E-state index contributed by atoms with van der Waals surface area (Å²) in [5.74, 6) is -0.660. The van der Waals surface area contributed by atoms with Crippen LogP contribution in [0.4, 0.5) is 10.8 Å². The number of thioether (sulfide) groups is 1. The van der Waals surface area contributed by atoms with E-state index in [1.807, 2.05) is 31.4 Å². The molecule has 3 amide bonds. The van der Waals surface area contributed by atoms with Crippen molar-refractivity contribution in [2.45, 2.75) is 19.8 Å². The number of anilines is 1. The van der Waals surface area contributed by atoms with E-state index in [1.165, 1.54) is 11.3 Å². The van der Waals surface area contributed by atoms with Gasteiger partial charge in [-0.2, -0.15) is 0 Å². The fraction of sp³-hybridized carbons (Fsp3) is 0.267. The summed E-state index contributed by atoms with van der Waals surface area (Å²) in [7, 11) is 0. The first kappa shape index (κ1) is 17.4. The molecule has 1 saturated heterocycles. The third-order valence-corrected chi connectivity index (χ3v) is 4.90. The van der Waals surface area contributed by atoms with E-state index in [2.05, 4.69) is 15.5 Å². The number of amides is 3. The highest BCUT2D eigenvalue weighted by molar-refractivity contribution is 8.18. The number of carbonyl (C=O) groups excluding carboxylic acids is 3. The van der Waals surface area contributed by atoms with Crippen LogP contribution in [0.25, 0.3) is 6.08 Å². The molecule has 1 N–H and O–H groups in total. The molecule has 0 spiro atoms. The van der Waals surface area contributed by atoms with Crippen LogP contribution in [0.15, 0.2) is 26.8 Å². The third kappa shape index (κ3) is 3.97. The van der Waals surface area contributed by atoms with Gasteiger partial charge >= 0.3 is 6.01 Å². The van der Waals surface area contributed by atoms with Gasteiger partial charge in [0.25, 0.3) is 11.1 Å². The van der Waals surface area contributed by atoms with Gasteiger partial charge in [-0.3, -0.25) is 24.6 Å². The van der Waals surface area contributed by atoms with Gasteiger partial charge < -0.3 is 4.42 Å². The first-order valence-corrected chi connectivity index (χ1v) is 9.06. The summed E-state index contributed by atoms with van der Waals surface area (Å²) in [4.78, 5) is 38.4. The molecule has 3 rings (SSSR count). The molecule has 2 aromatic rings. The number of nitrogens with zero attached hydrogens (tertiary/aromatic N) is 3. The number of nitrogens with one attached hydrogen (secondary N) is 1. The highest BCUT2D eigenvalue weighted by atomic mass is 32.2. The summed E-state index contributed by atoms with van der Waals surface area (Å²) in [5.41, 5.74) is 0.